The molecule has 16 heavy (non-hydrogen) atoms. The van der Waals surface area contributed by atoms with Crippen LogP contribution in [0.4, 0.5) is 0 Å². The van der Waals surface area contributed by atoms with E-state index in [1.165, 1.54) is 0 Å². The SMILES string of the molecule is O/C(=C/c1ccccn1)c1ccc(Cl)cc1. The quantitative estimate of drug-likeness (QED) is 0.798. The number of nitrogens with zero attached hydrogens (tertiary/aromatic N) is 1. The molecule has 2 rings (SSSR count). The molecule has 0 spiro atoms. The molecule has 1 aromatic carbocycles. The number of aliphatic hydroxyl groups is 1. The smallest absolute Gasteiger partial charge is 0.124 e. The van der Waals surface area contributed by atoms with Crippen molar-refractivity contribution in [1.82, 2.24) is 4.98 Å². The molecule has 0 aliphatic carbocycles. The summed E-state index contributed by atoms with van der Waals surface area (Å²) in [5, 5.41) is 10.5. The lowest BCUT2D eigenvalue weighted by atomic mass is 10.1. The minimum absolute atomic E-state index is 0.176. The van der Waals surface area contributed by atoms with Gasteiger partial charge in [0.2, 0.25) is 0 Å². The van der Waals surface area contributed by atoms with Gasteiger partial charge in [0, 0.05) is 22.9 Å². The summed E-state index contributed by atoms with van der Waals surface area (Å²) in [6, 6.07) is 12.5. The molecule has 0 saturated heterocycles. The van der Waals surface area contributed by atoms with Gasteiger partial charge in [0.25, 0.3) is 0 Å². The Bertz CT molecular complexity index is 491. The van der Waals surface area contributed by atoms with Crippen LogP contribution in [0.25, 0.3) is 11.8 Å². The van der Waals surface area contributed by atoms with Gasteiger partial charge in [0.15, 0.2) is 0 Å². The molecule has 2 aromatic rings. The lowest BCUT2D eigenvalue weighted by Crippen LogP contribution is -1.84. The molecule has 2 nitrogen and oxygen atoms in total. The van der Waals surface area contributed by atoms with E-state index in [0.717, 1.165) is 11.3 Å². The molecule has 0 saturated carbocycles. The molecule has 0 radical (unpaired) electrons. The topological polar surface area (TPSA) is 33.1 Å². The molecule has 80 valence electrons. The van der Waals surface area contributed by atoms with Gasteiger partial charge in [0.1, 0.15) is 5.76 Å². The van der Waals surface area contributed by atoms with E-state index in [1.807, 2.05) is 18.2 Å². The summed E-state index contributed by atoms with van der Waals surface area (Å²) < 4.78 is 0. The van der Waals surface area contributed by atoms with E-state index in [4.69, 9.17) is 11.6 Å². The predicted octanol–water partition coefficient (Wildman–Crippen LogP) is 3.79. The minimum atomic E-state index is 0.176. The fraction of sp³-hybridized carbons (Fsp3) is 0. The van der Waals surface area contributed by atoms with Crippen molar-refractivity contribution in [3.8, 4) is 0 Å². The molecule has 0 fully saturated rings. The van der Waals surface area contributed by atoms with Gasteiger partial charge in [-0.15, -0.1) is 0 Å². The first-order valence-corrected chi connectivity index (χ1v) is 5.21. The number of aromatic nitrogens is 1. The second-order valence-electron chi connectivity index (χ2n) is 3.29. The number of pyridine rings is 1. The number of hydrogen-bond donors (Lipinski definition) is 1. The Labute approximate surface area is 98.8 Å². The van der Waals surface area contributed by atoms with Gasteiger partial charge in [-0.25, -0.2) is 0 Å². The first-order valence-electron chi connectivity index (χ1n) is 4.83. The number of rotatable bonds is 2. The Hall–Kier alpha value is -1.80. The van der Waals surface area contributed by atoms with E-state index >= 15 is 0 Å². The van der Waals surface area contributed by atoms with Crippen LogP contribution in [0.3, 0.4) is 0 Å². The first kappa shape index (κ1) is 10.7. The summed E-state index contributed by atoms with van der Waals surface area (Å²) in [4.78, 5) is 4.10. The van der Waals surface area contributed by atoms with Crippen molar-refractivity contribution in [2.45, 2.75) is 0 Å². The Morgan fingerprint density at radius 1 is 1.12 bits per heavy atom. The molecule has 1 heterocycles. The van der Waals surface area contributed by atoms with Gasteiger partial charge >= 0.3 is 0 Å². The molecule has 1 N–H and O–H groups in total. The molecule has 0 aliphatic rings. The Morgan fingerprint density at radius 3 is 2.50 bits per heavy atom. The van der Waals surface area contributed by atoms with Gasteiger partial charge in [-0.1, -0.05) is 17.7 Å². The molecular formula is C13H10ClNO. The summed E-state index contributed by atoms with van der Waals surface area (Å²) in [7, 11) is 0. The summed E-state index contributed by atoms with van der Waals surface area (Å²) in [5.74, 6) is 0.176. The highest BCUT2D eigenvalue weighted by atomic mass is 35.5. The standard InChI is InChI=1S/C13H10ClNO/c14-11-6-4-10(5-7-11)13(16)9-12-3-1-2-8-15-12/h1-9,16H/b13-9+. The lowest BCUT2D eigenvalue weighted by Gasteiger charge is -2.00. The van der Waals surface area contributed by atoms with Crippen molar-refractivity contribution in [2.75, 3.05) is 0 Å². The zero-order valence-corrected chi connectivity index (χ0v) is 9.22. The maximum Gasteiger partial charge on any atom is 0.124 e. The van der Waals surface area contributed by atoms with Gasteiger partial charge in [-0.2, -0.15) is 0 Å². The van der Waals surface area contributed by atoms with Gasteiger partial charge in [-0.05, 0) is 36.4 Å². The lowest BCUT2D eigenvalue weighted by molar-refractivity contribution is 0.515. The fourth-order valence-corrected chi connectivity index (χ4v) is 1.43. The summed E-state index contributed by atoms with van der Waals surface area (Å²) in [6.45, 7) is 0. The van der Waals surface area contributed by atoms with Crippen LogP contribution in [0.5, 0.6) is 0 Å². The van der Waals surface area contributed by atoms with Crippen LogP contribution >= 0.6 is 11.6 Å². The highest BCUT2D eigenvalue weighted by Crippen LogP contribution is 2.17. The van der Waals surface area contributed by atoms with Crippen molar-refractivity contribution in [1.29, 1.82) is 0 Å². The van der Waals surface area contributed by atoms with Crippen molar-refractivity contribution in [3.05, 3.63) is 64.9 Å². The summed E-state index contributed by atoms with van der Waals surface area (Å²) in [5.41, 5.74) is 1.44. The van der Waals surface area contributed by atoms with Gasteiger partial charge in [-0.3, -0.25) is 4.98 Å². The number of halogens is 1. The Morgan fingerprint density at radius 2 is 1.88 bits per heavy atom. The van der Waals surface area contributed by atoms with Crippen LogP contribution in [0.1, 0.15) is 11.3 Å². The van der Waals surface area contributed by atoms with E-state index < -0.39 is 0 Å². The molecule has 0 amide bonds. The maximum absolute atomic E-state index is 9.84. The second kappa shape index (κ2) is 4.81. The van der Waals surface area contributed by atoms with Gasteiger partial charge in [0.05, 0.1) is 5.69 Å². The highest BCUT2D eigenvalue weighted by Gasteiger charge is 1.99. The normalized spacial score (nSPS) is 11.4. The predicted molar refractivity (Wildman–Crippen MR) is 66.2 cm³/mol. The van der Waals surface area contributed by atoms with Crippen LogP contribution in [-0.2, 0) is 0 Å². The molecule has 0 bridgehead atoms. The molecule has 0 unspecified atom stereocenters. The number of hydrogen-bond acceptors (Lipinski definition) is 2. The van der Waals surface area contributed by atoms with Gasteiger partial charge < -0.3 is 5.11 Å². The van der Waals surface area contributed by atoms with Crippen LogP contribution in [-0.4, -0.2) is 10.1 Å². The average Bonchev–Trinajstić information content (AvgIpc) is 2.31. The number of aliphatic hydroxyl groups excluding tert-OH is 1. The molecule has 0 atom stereocenters. The van der Waals surface area contributed by atoms with Crippen LogP contribution in [0.2, 0.25) is 5.02 Å². The molecule has 0 aliphatic heterocycles. The first-order chi connectivity index (χ1) is 7.75. The summed E-state index contributed by atoms with van der Waals surface area (Å²) >= 11 is 5.76. The maximum atomic E-state index is 9.84. The Kier molecular flexibility index (Phi) is 3.22. The fourth-order valence-electron chi connectivity index (χ4n) is 1.31. The Balaban J connectivity index is 2.28. The van der Waals surface area contributed by atoms with E-state index in [-0.39, 0.29) is 5.76 Å². The molecule has 3 heteroatoms. The third-order valence-corrected chi connectivity index (χ3v) is 2.36. The minimum Gasteiger partial charge on any atom is -0.507 e. The largest absolute Gasteiger partial charge is 0.507 e. The summed E-state index contributed by atoms with van der Waals surface area (Å²) in [6.07, 6.45) is 3.30. The van der Waals surface area contributed by atoms with Crippen molar-refractivity contribution in [3.63, 3.8) is 0 Å². The second-order valence-corrected chi connectivity index (χ2v) is 3.73. The van der Waals surface area contributed by atoms with E-state index in [2.05, 4.69) is 4.98 Å². The zero-order valence-electron chi connectivity index (χ0n) is 8.47. The van der Waals surface area contributed by atoms with Crippen LogP contribution in [0.15, 0.2) is 48.7 Å². The zero-order chi connectivity index (χ0) is 11.4. The average molecular weight is 232 g/mol. The molecular weight excluding hydrogens is 222 g/mol. The van der Waals surface area contributed by atoms with Crippen molar-refractivity contribution < 1.29 is 5.11 Å². The van der Waals surface area contributed by atoms with E-state index in [9.17, 15) is 5.11 Å². The monoisotopic (exact) mass is 231 g/mol. The van der Waals surface area contributed by atoms with E-state index in [0.29, 0.717) is 5.02 Å². The van der Waals surface area contributed by atoms with Crippen molar-refractivity contribution in [2.24, 2.45) is 0 Å². The van der Waals surface area contributed by atoms with Crippen LogP contribution in [0, 0.1) is 0 Å². The third-order valence-electron chi connectivity index (χ3n) is 2.11. The van der Waals surface area contributed by atoms with Crippen molar-refractivity contribution >= 4 is 23.4 Å². The van der Waals surface area contributed by atoms with Crippen LogP contribution < -0.4 is 0 Å². The highest BCUT2D eigenvalue weighted by molar-refractivity contribution is 6.30. The third kappa shape index (κ3) is 2.61. The molecule has 1 aromatic heterocycles. The van der Waals surface area contributed by atoms with E-state index in [1.54, 1.807) is 36.5 Å². The number of benzene rings is 1.